The molecule has 0 aliphatic rings. The number of aromatic nitrogens is 4. The molecule has 0 radical (unpaired) electrons. The number of anilines is 1. The first-order chi connectivity index (χ1) is 8.25. The third kappa shape index (κ3) is 2.94. The van der Waals surface area contributed by atoms with Crippen LogP contribution >= 0.6 is 0 Å². The fraction of sp³-hybridized carbons (Fsp3) is 0.100. The van der Waals surface area contributed by atoms with Crippen LogP contribution in [0.25, 0.3) is 0 Å². The van der Waals surface area contributed by atoms with E-state index >= 15 is 0 Å². The van der Waals surface area contributed by atoms with E-state index < -0.39 is 5.69 Å². The minimum atomic E-state index is -0.522. The summed E-state index contributed by atoms with van der Waals surface area (Å²) in [6.07, 6.45) is 3.20. The monoisotopic (exact) mass is 230 g/mol. The molecule has 0 unspecified atom stereocenters. The van der Waals surface area contributed by atoms with Gasteiger partial charge in [0.2, 0.25) is 0 Å². The molecule has 2 aromatic heterocycles. The highest BCUT2D eigenvalue weighted by Crippen LogP contribution is 2.02. The largest absolute Gasteiger partial charge is 0.363 e. The van der Waals surface area contributed by atoms with Crippen molar-refractivity contribution in [1.29, 1.82) is 0 Å². The van der Waals surface area contributed by atoms with E-state index in [1.54, 1.807) is 13.1 Å². The fourth-order valence-electron chi connectivity index (χ4n) is 1.11. The van der Waals surface area contributed by atoms with Gasteiger partial charge in [-0.05, 0) is 19.1 Å². The van der Waals surface area contributed by atoms with Gasteiger partial charge in [0, 0.05) is 6.20 Å². The zero-order valence-electron chi connectivity index (χ0n) is 9.08. The Morgan fingerprint density at radius 1 is 1.47 bits per heavy atom. The molecular formula is C10H10N6O. The van der Waals surface area contributed by atoms with Gasteiger partial charge < -0.3 is 0 Å². The van der Waals surface area contributed by atoms with Gasteiger partial charge in [0.1, 0.15) is 5.69 Å². The van der Waals surface area contributed by atoms with Crippen LogP contribution in [0.4, 0.5) is 5.82 Å². The summed E-state index contributed by atoms with van der Waals surface area (Å²) in [6.45, 7) is 1.71. The van der Waals surface area contributed by atoms with Crippen LogP contribution in [0.15, 0.2) is 34.3 Å². The van der Waals surface area contributed by atoms with Gasteiger partial charge in [-0.2, -0.15) is 15.2 Å². The van der Waals surface area contributed by atoms with Gasteiger partial charge in [0.15, 0.2) is 5.82 Å². The van der Waals surface area contributed by atoms with Crippen molar-refractivity contribution in [1.82, 2.24) is 20.2 Å². The number of hydrogen-bond acceptors (Lipinski definition) is 6. The molecular weight excluding hydrogens is 220 g/mol. The molecule has 0 fully saturated rings. The van der Waals surface area contributed by atoms with Crippen molar-refractivity contribution in [3.8, 4) is 0 Å². The average molecular weight is 230 g/mol. The molecule has 0 amide bonds. The van der Waals surface area contributed by atoms with Crippen LogP contribution in [0, 0.1) is 6.92 Å². The van der Waals surface area contributed by atoms with Crippen LogP contribution in [-0.4, -0.2) is 26.4 Å². The lowest BCUT2D eigenvalue weighted by Crippen LogP contribution is -2.15. The first-order valence-corrected chi connectivity index (χ1v) is 4.89. The first kappa shape index (κ1) is 10.9. The van der Waals surface area contributed by atoms with Crippen molar-refractivity contribution >= 4 is 12.0 Å². The molecule has 0 atom stereocenters. The second-order valence-corrected chi connectivity index (χ2v) is 3.20. The lowest BCUT2D eigenvalue weighted by atomic mass is 10.4. The summed E-state index contributed by atoms with van der Waals surface area (Å²) >= 11 is 0. The summed E-state index contributed by atoms with van der Waals surface area (Å²) in [6, 6.07) is 5.48. The van der Waals surface area contributed by atoms with Gasteiger partial charge >= 0.3 is 5.69 Å². The second kappa shape index (κ2) is 4.97. The molecule has 0 bridgehead atoms. The highest BCUT2D eigenvalue weighted by Gasteiger charge is 1.99. The van der Waals surface area contributed by atoms with Crippen molar-refractivity contribution in [2.75, 3.05) is 5.43 Å². The summed E-state index contributed by atoms with van der Waals surface area (Å²) in [7, 11) is 0. The number of aromatic amines is 1. The van der Waals surface area contributed by atoms with Crippen molar-refractivity contribution in [2.45, 2.75) is 6.92 Å². The molecule has 2 aromatic rings. The zero-order valence-corrected chi connectivity index (χ0v) is 9.08. The predicted octanol–water partition coefficient (Wildman–Crippen LogP) is 0.314. The van der Waals surface area contributed by atoms with Crippen LogP contribution in [0.2, 0.25) is 0 Å². The molecule has 0 saturated carbocycles. The summed E-state index contributed by atoms with van der Waals surface area (Å²) in [4.78, 5) is 18.7. The SMILES string of the molecule is Cc1n[nH]c(=O)nc1N/N=C\c1ccccn1. The lowest BCUT2D eigenvalue weighted by molar-refractivity contribution is 0.879. The molecule has 0 aliphatic heterocycles. The molecule has 0 aliphatic carbocycles. The number of hydrogen-bond donors (Lipinski definition) is 2. The second-order valence-electron chi connectivity index (χ2n) is 3.20. The Hall–Kier alpha value is -2.57. The summed E-state index contributed by atoms with van der Waals surface area (Å²) in [5, 5.41) is 9.90. The molecule has 86 valence electrons. The van der Waals surface area contributed by atoms with E-state index in [2.05, 4.69) is 30.7 Å². The summed E-state index contributed by atoms with van der Waals surface area (Å²) < 4.78 is 0. The van der Waals surface area contributed by atoms with Gasteiger partial charge in [0.25, 0.3) is 0 Å². The van der Waals surface area contributed by atoms with Crippen molar-refractivity contribution in [3.63, 3.8) is 0 Å². The van der Waals surface area contributed by atoms with Gasteiger partial charge in [0.05, 0.1) is 11.9 Å². The van der Waals surface area contributed by atoms with E-state index in [1.807, 2.05) is 18.2 Å². The Morgan fingerprint density at radius 3 is 3.12 bits per heavy atom. The molecule has 0 aromatic carbocycles. The van der Waals surface area contributed by atoms with Crippen LogP contribution in [0.3, 0.4) is 0 Å². The Balaban J connectivity index is 2.10. The highest BCUT2D eigenvalue weighted by atomic mass is 16.1. The standard InChI is InChI=1S/C10H10N6O/c1-7-9(13-10(17)16-14-7)15-12-6-8-4-2-3-5-11-8/h2-6H,1H3,(H2,13,15,16,17)/b12-6-. The Labute approximate surface area is 96.6 Å². The zero-order chi connectivity index (χ0) is 12.1. The predicted molar refractivity (Wildman–Crippen MR) is 62.8 cm³/mol. The number of nitrogens with one attached hydrogen (secondary N) is 2. The van der Waals surface area contributed by atoms with Crippen molar-refractivity contribution < 1.29 is 0 Å². The normalized spacial score (nSPS) is 10.6. The van der Waals surface area contributed by atoms with E-state index in [0.29, 0.717) is 17.2 Å². The first-order valence-electron chi connectivity index (χ1n) is 4.89. The van der Waals surface area contributed by atoms with Crippen LogP contribution in [-0.2, 0) is 0 Å². The summed E-state index contributed by atoms with van der Waals surface area (Å²) in [5.74, 6) is 0.320. The highest BCUT2D eigenvalue weighted by molar-refractivity contribution is 5.77. The third-order valence-electron chi connectivity index (χ3n) is 1.93. The smallest absolute Gasteiger partial charge is 0.260 e. The molecule has 7 heteroatoms. The summed E-state index contributed by atoms with van der Waals surface area (Å²) in [5.41, 5.74) is 3.38. The maximum Gasteiger partial charge on any atom is 0.363 e. The lowest BCUT2D eigenvalue weighted by Gasteiger charge is -1.99. The molecule has 2 N–H and O–H groups in total. The number of aryl methyl sites for hydroxylation is 1. The van der Waals surface area contributed by atoms with Crippen LogP contribution in [0.5, 0.6) is 0 Å². The van der Waals surface area contributed by atoms with Gasteiger partial charge in [-0.25, -0.2) is 9.89 Å². The Bertz CT molecular complexity index is 577. The van der Waals surface area contributed by atoms with E-state index in [1.165, 1.54) is 6.21 Å². The molecule has 2 heterocycles. The molecule has 17 heavy (non-hydrogen) atoms. The Kier molecular flexibility index (Phi) is 3.20. The van der Waals surface area contributed by atoms with Crippen LogP contribution in [0.1, 0.15) is 11.4 Å². The van der Waals surface area contributed by atoms with Crippen molar-refractivity contribution in [3.05, 3.63) is 46.3 Å². The minimum absolute atomic E-state index is 0.320. The number of hydrazone groups is 1. The topological polar surface area (TPSA) is 95.9 Å². The number of pyridine rings is 1. The molecule has 2 rings (SSSR count). The number of nitrogens with zero attached hydrogens (tertiary/aromatic N) is 4. The van der Waals surface area contributed by atoms with E-state index in [4.69, 9.17) is 0 Å². The minimum Gasteiger partial charge on any atom is -0.260 e. The van der Waals surface area contributed by atoms with Crippen molar-refractivity contribution in [2.24, 2.45) is 5.10 Å². The molecule has 0 spiro atoms. The van der Waals surface area contributed by atoms with Gasteiger partial charge in [-0.15, -0.1) is 0 Å². The molecule has 0 saturated heterocycles. The maximum atomic E-state index is 10.9. The Morgan fingerprint density at radius 2 is 2.35 bits per heavy atom. The quantitative estimate of drug-likeness (QED) is 0.584. The average Bonchev–Trinajstić information content (AvgIpc) is 2.35. The number of H-pyrrole nitrogens is 1. The van der Waals surface area contributed by atoms with E-state index in [9.17, 15) is 4.79 Å². The molecule has 7 nitrogen and oxygen atoms in total. The van der Waals surface area contributed by atoms with Gasteiger partial charge in [-0.3, -0.25) is 10.4 Å². The fourth-order valence-corrected chi connectivity index (χ4v) is 1.11. The van der Waals surface area contributed by atoms with Crippen LogP contribution < -0.4 is 11.1 Å². The van der Waals surface area contributed by atoms with E-state index in [-0.39, 0.29) is 0 Å². The maximum absolute atomic E-state index is 10.9. The number of rotatable bonds is 3. The van der Waals surface area contributed by atoms with Gasteiger partial charge in [-0.1, -0.05) is 6.07 Å². The third-order valence-corrected chi connectivity index (χ3v) is 1.93. The van der Waals surface area contributed by atoms with E-state index in [0.717, 1.165) is 0 Å².